The fraction of sp³-hybridized carbons (Fsp3) is 0.562. The zero-order valence-electron chi connectivity index (χ0n) is 13.1. The molecule has 1 aromatic heterocycles. The van der Waals surface area contributed by atoms with Crippen LogP contribution in [0.25, 0.3) is 0 Å². The predicted molar refractivity (Wildman–Crippen MR) is 85.2 cm³/mol. The molecule has 0 aromatic carbocycles. The lowest BCUT2D eigenvalue weighted by atomic mass is 10.2. The minimum Gasteiger partial charge on any atom is -0.381 e. The molecule has 0 radical (unpaired) electrons. The number of carbonyl (C=O) groups is 2. The Morgan fingerprint density at radius 3 is 2.87 bits per heavy atom. The summed E-state index contributed by atoms with van der Waals surface area (Å²) in [5.41, 5.74) is 1.40. The van der Waals surface area contributed by atoms with Gasteiger partial charge in [0.05, 0.1) is 17.4 Å². The number of rotatable bonds is 5. The Kier molecular flexibility index (Phi) is 5.07. The average molecular weight is 318 g/mol. The van der Waals surface area contributed by atoms with Crippen LogP contribution in [0.4, 0.5) is 5.69 Å². The van der Waals surface area contributed by atoms with Crippen molar-refractivity contribution in [1.29, 1.82) is 0 Å². The van der Waals surface area contributed by atoms with Crippen molar-refractivity contribution in [2.75, 3.05) is 44.6 Å². The summed E-state index contributed by atoms with van der Waals surface area (Å²) in [6, 6.07) is 1.83. The lowest BCUT2D eigenvalue weighted by Gasteiger charge is -2.32. The Bertz CT molecular complexity index is 552. The molecule has 7 nitrogen and oxygen atoms in total. The van der Waals surface area contributed by atoms with Crippen molar-refractivity contribution in [2.45, 2.75) is 18.9 Å². The topological polar surface area (TPSA) is 74.8 Å². The summed E-state index contributed by atoms with van der Waals surface area (Å²) in [6.07, 6.45) is 6.56. The predicted octanol–water partition coefficient (Wildman–Crippen LogP) is 0.587. The molecule has 2 amide bonds. The van der Waals surface area contributed by atoms with E-state index in [0.29, 0.717) is 31.7 Å². The minimum atomic E-state index is -0.0381. The first-order valence-corrected chi connectivity index (χ1v) is 8.05. The molecule has 0 spiro atoms. The summed E-state index contributed by atoms with van der Waals surface area (Å²) < 4.78 is 5.58. The second-order valence-corrected chi connectivity index (χ2v) is 5.91. The Morgan fingerprint density at radius 1 is 1.35 bits per heavy atom. The summed E-state index contributed by atoms with van der Waals surface area (Å²) in [6.45, 7) is 3.85. The summed E-state index contributed by atoms with van der Waals surface area (Å²) in [5, 5.41) is 3.29. The molecular formula is C16H22N4O3. The van der Waals surface area contributed by atoms with Crippen molar-refractivity contribution in [3.8, 4) is 0 Å². The van der Waals surface area contributed by atoms with Crippen molar-refractivity contribution in [1.82, 2.24) is 14.8 Å². The van der Waals surface area contributed by atoms with Gasteiger partial charge in [-0.2, -0.15) is 0 Å². The Labute approximate surface area is 135 Å². The zero-order chi connectivity index (χ0) is 16.1. The smallest absolute Gasteiger partial charge is 0.255 e. The van der Waals surface area contributed by atoms with Crippen LogP contribution < -0.4 is 5.32 Å². The molecule has 0 bridgehead atoms. The number of piperazine rings is 1. The average Bonchev–Trinajstić information content (AvgIpc) is 3.13. The highest BCUT2D eigenvalue weighted by Gasteiger charge is 2.22. The van der Waals surface area contributed by atoms with Gasteiger partial charge in [0.15, 0.2) is 0 Å². The van der Waals surface area contributed by atoms with Crippen LogP contribution in [0.1, 0.15) is 23.2 Å². The number of nitrogens with one attached hydrogen (secondary N) is 1. The van der Waals surface area contributed by atoms with Crippen LogP contribution in [0.15, 0.2) is 18.5 Å². The molecule has 1 N–H and O–H groups in total. The number of amides is 2. The van der Waals surface area contributed by atoms with E-state index < -0.39 is 0 Å². The lowest BCUT2D eigenvalue weighted by molar-refractivity contribution is -0.119. The summed E-state index contributed by atoms with van der Waals surface area (Å²) in [4.78, 5) is 30.9. The molecule has 2 fully saturated rings. The summed E-state index contributed by atoms with van der Waals surface area (Å²) in [5.74, 6) is -0.0381. The van der Waals surface area contributed by atoms with Crippen molar-refractivity contribution >= 4 is 18.0 Å². The minimum absolute atomic E-state index is 0.0381. The fourth-order valence-corrected chi connectivity index (χ4v) is 2.90. The quantitative estimate of drug-likeness (QED) is 0.804. The van der Waals surface area contributed by atoms with Gasteiger partial charge in [-0.3, -0.25) is 14.6 Å². The molecule has 1 unspecified atom stereocenters. The third kappa shape index (κ3) is 3.98. The van der Waals surface area contributed by atoms with Crippen LogP contribution in [-0.2, 0) is 9.53 Å². The molecule has 3 heterocycles. The van der Waals surface area contributed by atoms with Crippen molar-refractivity contribution in [3.63, 3.8) is 0 Å². The van der Waals surface area contributed by atoms with E-state index in [1.54, 1.807) is 22.2 Å². The number of hydrogen-bond donors (Lipinski definition) is 1. The van der Waals surface area contributed by atoms with Gasteiger partial charge >= 0.3 is 0 Å². The number of carbonyl (C=O) groups excluding carboxylic acids is 2. The molecule has 124 valence electrons. The van der Waals surface area contributed by atoms with Crippen LogP contribution >= 0.6 is 0 Å². The van der Waals surface area contributed by atoms with Gasteiger partial charge in [-0.1, -0.05) is 0 Å². The number of nitrogens with zero attached hydrogens (tertiary/aromatic N) is 3. The van der Waals surface area contributed by atoms with Gasteiger partial charge in [0.25, 0.3) is 5.91 Å². The second-order valence-electron chi connectivity index (χ2n) is 5.91. The van der Waals surface area contributed by atoms with Gasteiger partial charge < -0.3 is 19.9 Å². The van der Waals surface area contributed by atoms with Crippen molar-refractivity contribution in [2.24, 2.45) is 0 Å². The maximum atomic E-state index is 12.5. The third-order valence-corrected chi connectivity index (χ3v) is 4.29. The molecule has 2 saturated heterocycles. The Hall–Kier alpha value is -2.15. The maximum Gasteiger partial charge on any atom is 0.255 e. The van der Waals surface area contributed by atoms with E-state index in [2.05, 4.69) is 10.3 Å². The molecule has 1 atom stereocenters. The van der Waals surface area contributed by atoms with Crippen molar-refractivity contribution < 1.29 is 14.3 Å². The normalized spacial score (nSPS) is 21.3. The highest BCUT2D eigenvalue weighted by atomic mass is 16.5. The Balaban J connectivity index is 1.57. The van der Waals surface area contributed by atoms with E-state index in [4.69, 9.17) is 4.74 Å². The highest BCUT2D eigenvalue weighted by molar-refractivity contribution is 5.94. The molecule has 3 rings (SSSR count). The monoisotopic (exact) mass is 318 g/mol. The van der Waals surface area contributed by atoms with E-state index in [0.717, 1.165) is 38.1 Å². The number of aromatic nitrogens is 1. The first kappa shape index (κ1) is 15.7. The molecule has 2 aliphatic rings. The molecule has 1 aromatic rings. The van der Waals surface area contributed by atoms with E-state index in [9.17, 15) is 9.59 Å². The maximum absolute atomic E-state index is 12.5. The fourth-order valence-electron chi connectivity index (χ4n) is 2.90. The molecule has 2 aliphatic heterocycles. The first-order chi connectivity index (χ1) is 11.3. The summed E-state index contributed by atoms with van der Waals surface area (Å²) >= 11 is 0. The van der Waals surface area contributed by atoms with Gasteiger partial charge in [0, 0.05) is 51.7 Å². The zero-order valence-corrected chi connectivity index (χ0v) is 13.1. The van der Waals surface area contributed by atoms with Gasteiger partial charge in [0.1, 0.15) is 0 Å². The number of hydrogen-bond acceptors (Lipinski definition) is 5. The van der Waals surface area contributed by atoms with E-state index in [1.165, 1.54) is 0 Å². The number of pyridine rings is 1. The lowest BCUT2D eigenvalue weighted by Crippen LogP contribution is -2.48. The van der Waals surface area contributed by atoms with Crippen molar-refractivity contribution in [3.05, 3.63) is 24.0 Å². The van der Waals surface area contributed by atoms with Gasteiger partial charge in [-0.05, 0) is 18.9 Å². The summed E-state index contributed by atoms with van der Waals surface area (Å²) in [7, 11) is 0. The SMILES string of the molecule is O=CN1CCN(C(=O)c2cncc(NCC3CCCO3)c2)CC1. The molecular weight excluding hydrogens is 296 g/mol. The third-order valence-electron chi connectivity index (χ3n) is 4.29. The van der Waals surface area contributed by atoms with Gasteiger partial charge in [-0.25, -0.2) is 0 Å². The molecule has 7 heteroatoms. The van der Waals surface area contributed by atoms with E-state index in [1.807, 2.05) is 6.07 Å². The second kappa shape index (κ2) is 7.41. The molecule has 0 aliphatic carbocycles. The molecule has 0 saturated carbocycles. The van der Waals surface area contributed by atoms with Crippen LogP contribution in [-0.4, -0.2) is 72.5 Å². The van der Waals surface area contributed by atoms with E-state index >= 15 is 0 Å². The first-order valence-electron chi connectivity index (χ1n) is 8.05. The standard InChI is InChI=1S/C16H22N4O3/c21-12-19-3-5-20(6-4-19)16(22)13-8-14(10-17-9-13)18-11-15-2-1-7-23-15/h8-10,12,15,18H,1-7,11H2. The Morgan fingerprint density at radius 2 is 2.17 bits per heavy atom. The van der Waals surface area contributed by atoms with Crippen LogP contribution in [0.2, 0.25) is 0 Å². The van der Waals surface area contributed by atoms with E-state index in [-0.39, 0.29) is 12.0 Å². The van der Waals surface area contributed by atoms with Crippen LogP contribution in [0.3, 0.4) is 0 Å². The van der Waals surface area contributed by atoms with Gasteiger partial charge in [-0.15, -0.1) is 0 Å². The van der Waals surface area contributed by atoms with Gasteiger partial charge in [0.2, 0.25) is 6.41 Å². The number of anilines is 1. The van der Waals surface area contributed by atoms with Crippen LogP contribution in [0.5, 0.6) is 0 Å². The number of ether oxygens (including phenoxy) is 1. The largest absolute Gasteiger partial charge is 0.381 e. The van der Waals surface area contributed by atoms with Crippen LogP contribution in [0, 0.1) is 0 Å². The highest BCUT2D eigenvalue weighted by Crippen LogP contribution is 2.15. The molecule has 23 heavy (non-hydrogen) atoms.